The number of hydrogen-bond acceptors (Lipinski definition) is 2. The lowest BCUT2D eigenvalue weighted by Gasteiger charge is -2.13. The van der Waals surface area contributed by atoms with E-state index in [9.17, 15) is 32.2 Å². The third kappa shape index (κ3) is 1.53. The van der Waals surface area contributed by atoms with Crippen molar-refractivity contribution in [2.45, 2.75) is 18.3 Å². The average Bonchev–Trinajstić information content (AvgIpc) is 3.20. The first-order chi connectivity index (χ1) is 10.8. The predicted octanol–water partition coefficient (Wildman–Crippen LogP) is 3.72. The van der Waals surface area contributed by atoms with Crippen LogP contribution < -0.4 is 0 Å². The summed E-state index contributed by atoms with van der Waals surface area (Å²) in [5, 5.41) is 20.4. The summed E-state index contributed by atoms with van der Waals surface area (Å²) < 4.78 is 68.0. The molecule has 120 valence electrons. The highest BCUT2D eigenvalue weighted by Gasteiger charge is 2.42. The maximum atomic E-state index is 13.9. The van der Waals surface area contributed by atoms with Crippen LogP contribution in [0.3, 0.4) is 0 Å². The second-order valence-electron chi connectivity index (χ2n) is 5.56. The van der Waals surface area contributed by atoms with Crippen LogP contribution in [0.2, 0.25) is 0 Å². The van der Waals surface area contributed by atoms with Gasteiger partial charge in [-0.05, 0) is 6.42 Å². The van der Waals surface area contributed by atoms with Crippen LogP contribution in [0.15, 0.2) is 12.2 Å². The molecule has 23 heavy (non-hydrogen) atoms. The van der Waals surface area contributed by atoms with Crippen molar-refractivity contribution in [3.05, 3.63) is 52.4 Å². The molecular formula is C15H8F5NO2. The fraction of sp³-hybridized carbons (Fsp3) is 0.200. The predicted molar refractivity (Wildman–Crippen MR) is 68.1 cm³/mol. The Morgan fingerprint density at radius 2 is 1.13 bits per heavy atom. The van der Waals surface area contributed by atoms with Crippen molar-refractivity contribution >= 4 is 0 Å². The molecule has 4 rings (SSSR count). The number of benzene rings is 1. The molecule has 1 aromatic carbocycles. The first-order valence-corrected chi connectivity index (χ1v) is 6.71. The van der Waals surface area contributed by atoms with Crippen LogP contribution in [0.5, 0.6) is 11.8 Å². The second kappa shape index (κ2) is 4.27. The highest BCUT2D eigenvalue weighted by molar-refractivity contribution is 5.62. The van der Waals surface area contributed by atoms with Gasteiger partial charge in [0.15, 0.2) is 23.3 Å². The summed E-state index contributed by atoms with van der Waals surface area (Å²) in [6.07, 6.45) is 4.10. The van der Waals surface area contributed by atoms with E-state index in [2.05, 4.69) is 0 Å². The molecule has 0 saturated carbocycles. The lowest BCUT2D eigenvalue weighted by molar-refractivity contribution is 0.357. The standard InChI is InChI=1S/C15H8F5NO2/c16-8-9(17)11(19)13(12(20)10(8)18)21-14(22)6-4-1-2-5(3-4)7(6)15(21)23/h1-2,4-5,22-23H,3H2. The molecule has 2 aromatic rings. The number of allylic oxidation sites excluding steroid dienone is 2. The minimum atomic E-state index is -2.30. The zero-order chi connectivity index (χ0) is 16.6. The van der Waals surface area contributed by atoms with Gasteiger partial charge in [-0.2, -0.15) is 0 Å². The molecule has 1 heterocycles. The van der Waals surface area contributed by atoms with Crippen LogP contribution in [0.25, 0.3) is 5.69 Å². The van der Waals surface area contributed by atoms with E-state index in [0.717, 1.165) is 0 Å². The van der Waals surface area contributed by atoms with Crippen molar-refractivity contribution in [1.29, 1.82) is 0 Å². The summed E-state index contributed by atoms with van der Waals surface area (Å²) in [5.41, 5.74) is -0.900. The van der Waals surface area contributed by atoms with E-state index in [1.54, 1.807) is 12.2 Å². The van der Waals surface area contributed by atoms with Crippen LogP contribution in [-0.4, -0.2) is 14.8 Å². The van der Waals surface area contributed by atoms with E-state index in [4.69, 9.17) is 0 Å². The number of rotatable bonds is 1. The number of hydrogen-bond donors (Lipinski definition) is 2. The van der Waals surface area contributed by atoms with E-state index in [0.29, 0.717) is 6.42 Å². The van der Waals surface area contributed by atoms with Gasteiger partial charge < -0.3 is 10.2 Å². The van der Waals surface area contributed by atoms with Gasteiger partial charge in [0.25, 0.3) is 0 Å². The first kappa shape index (κ1) is 14.1. The molecule has 0 radical (unpaired) electrons. The topological polar surface area (TPSA) is 45.4 Å². The van der Waals surface area contributed by atoms with E-state index in [1.165, 1.54) is 0 Å². The van der Waals surface area contributed by atoms with Crippen molar-refractivity contribution in [2.75, 3.05) is 0 Å². The van der Waals surface area contributed by atoms with Crippen molar-refractivity contribution < 1.29 is 32.2 Å². The van der Waals surface area contributed by atoms with E-state index in [-0.39, 0.29) is 27.5 Å². The van der Waals surface area contributed by atoms with Gasteiger partial charge in [0.2, 0.25) is 17.6 Å². The molecule has 0 aliphatic heterocycles. The number of halogens is 5. The van der Waals surface area contributed by atoms with E-state index >= 15 is 0 Å². The van der Waals surface area contributed by atoms with Gasteiger partial charge in [0.05, 0.1) is 0 Å². The Morgan fingerprint density at radius 1 is 0.739 bits per heavy atom. The molecule has 2 aliphatic rings. The molecule has 3 nitrogen and oxygen atoms in total. The zero-order valence-electron chi connectivity index (χ0n) is 11.2. The normalized spacial score (nSPS) is 21.3. The van der Waals surface area contributed by atoms with Crippen LogP contribution in [0, 0.1) is 29.1 Å². The SMILES string of the molecule is Oc1c2c(c(O)n1-c1c(F)c(F)c(F)c(F)c1F)C1C=CC2C1. The minimum absolute atomic E-state index is 0.249. The molecule has 1 aromatic heterocycles. The van der Waals surface area contributed by atoms with Gasteiger partial charge in [-0.15, -0.1) is 0 Å². The second-order valence-corrected chi connectivity index (χ2v) is 5.56. The smallest absolute Gasteiger partial charge is 0.203 e. The lowest BCUT2D eigenvalue weighted by Crippen LogP contribution is -2.09. The van der Waals surface area contributed by atoms with Crippen molar-refractivity contribution in [3.8, 4) is 17.4 Å². The maximum absolute atomic E-state index is 13.9. The molecule has 0 amide bonds. The summed E-state index contributed by atoms with van der Waals surface area (Å²) in [6, 6.07) is 0. The largest absolute Gasteiger partial charge is 0.494 e. The van der Waals surface area contributed by atoms with Gasteiger partial charge in [-0.3, -0.25) is 0 Å². The molecule has 0 fully saturated rings. The molecule has 2 bridgehead atoms. The maximum Gasteiger partial charge on any atom is 0.203 e. The molecule has 2 unspecified atom stereocenters. The van der Waals surface area contributed by atoms with Gasteiger partial charge >= 0.3 is 0 Å². The van der Waals surface area contributed by atoms with Gasteiger partial charge in [0.1, 0.15) is 5.69 Å². The number of fused-ring (bicyclic) bond motifs is 5. The van der Waals surface area contributed by atoms with Crippen molar-refractivity contribution in [2.24, 2.45) is 0 Å². The number of aromatic nitrogens is 1. The van der Waals surface area contributed by atoms with Gasteiger partial charge in [0, 0.05) is 23.0 Å². The lowest BCUT2D eigenvalue weighted by atomic mass is 10.0. The van der Waals surface area contributed by atoms with Crippen molar-refractivity contribution in [3.63, 3.8) is 0 Å². The molecule has 2 aliphatic carbocycles. The zero-order valence-corrected chi connectivity index (χ0v) is 11.2. The fourth-order valence-corrected chi connectivity index (χ4v) is 3.44. The summed E-state index contributed by atoms with van der Waals surface area (Å²) in [4.78, 5) is 0. The number of aromatic hydroxyl groups is 2. The quantitative estimate of drug-likeness (QED) is 0.362. The Hall–Kier alpha value is -2.51. The van der Waals surface area contributed by atoms with Crippen LogP contribution in [0.1, 0.15) is 29.4 Å². The molecule has 0 saturated heterocycles. The van der Waals surface area contributed by atoms with Crippen LogP contribution >= 0.6 is 0 Å². The summed E-state index contributed by atoms with van der Waals surface area (Å²) in [6.45, 7) is 0. The Morgan fingerprint density at radius 3 is 1.57 bits per heavy atom. The molecule has 8 heteroatoms. The summed E-state index contributed by atoms with van der Waals surface area (Å²) in [5.74, 6) is -12.8. The monoisotopic (exact) mass is 329 g/mol. The fourth-order valence-electron chi connectivity index (χ4n) is 3.44. The summed E-state index contributed by atoms with van der Waals surface area (Å²) in [7, 11) is 0. The average molecular weight is 329 g/mol. The Balaban J connectivity index is 2.06. The minimum Gasteiger partial charge on any atom is -0.494 e. The third-order valence-electron chi connectivity index (χ3n) is 4.43. The Bertz CT molecular complexity index is 838. The van der Waals surface area contributed by atoms with Crippen LogP contribution in [-0.2, 0) is 0 Å². The summed E-state index contributed by atoms with van der Waals surface area (Å²) >= 11 is 0. The van der Waals surface area contributed by atoms with E-state index < -0.39 is 46.5 Å². The molecule has 2 atom stereocenters. The van der Waals surface area contributed by atoms with Gasteiger partial charge in [-0.1, -0.05) is 12.2 Å². The van der Waals surface area contributed by atoms with E-state index in [1.807, 2.05) is 0 Å². The van der Waals surface area contributed by atoms with Crippen molar-refractivity contribution in [1.82, 2.24) is 4.57 Å². The number of nitrogens with zero attached hydrogens (tertiary/aromatic N) is 1. The molecule has 2 N–H and O–H groups in total. The highest BCUT2D eigenvalue weighted by Crippen LogP contribution is 2.57. The van der Waals surface area contributed by atoms with Gasteiger partial charge in [-0.25, -0.2) is 26.5 Å². The molecule has 0 spiro atoms. The Kier molecular flexibility index (Phi) is 2.62. The third-order valence-corrected chi connectivity index (χ3v) is 4.43. The first-order valence-electron chi connectivity index (χ1n) is 6.71. The highest BCUT2D eigenvalue weighted by atomic mass is 19.2. The Labute approximate surface area is 125 Å². The molecular weight excluding hydrogens is 321 g/mol. The van der Waals surface area contributed by atoms with Crippen LogP contribution in [0.4, 0.5) is 22.0 Å².